The van der Waals surface area contributed by atoms with Gasteiger partial charge in [0.1, 0.15) is 24.2 Å². The Bertz CT molecular complexity index is 1030. The Morgan fingerprint density at radius 3 is 2.83 bits per heavy atom. The van der Waals surface area contributed by atoms with Crippen LogP contribution in [0.2, 0.25) is 0 Å². The summed E-state index contributed by atoms with van der Waals surface area (Å²) in [5, 5.41) is 2.32. The third-order valence-electron chi connectivity index (χ3n) is 6.13. The molecule has 1 N–H and O–H groups in total. The zero-order valence-electron chi connectivity index (χ0n) is 16.6. The van der Waals surface area contributed by atoms with Crippen molar-refractivity contribution >= 4 is 23.6 Å². The lowest BCUT2D eigenvalue weighted by Crippen LogP contribution is -2.52. The van der Waals surface area contributed by atoms with E-state index in [1.807, 2.05) is 25.3 Å². The van der Waals surface area contributed by atoms with E-state index in [2.05, 4.69) is 22.4 Å². The van der Waals surface area contributed by atoms with Gasteiger partial charge in [-0.1, -0.05) is 30.4 Å². The van der Waals surface area contributed by atoms with Crippen LogP contribution in [-0.2, 0) is 16.1 Å². The number of amidine groups is 1. The molecule has 8 nitrogen and oxygen atoms in total. The van der Waals surface area contributed by atoms with Crippen molar-refractivity contribution in [3.8, 4) is 5.75 Å². The van der Waals surface area contributed by atoms with E-state index in [0.717, 1.165) is 11.4 Å². The van der Waals surface area contributed by atoms with Gasteiger partial charge in [-0.2, -0.15) is 0 Å². The Morgan fingerprint density at radius 1 is 1.20 bits per heavy atom. The molecule has 1 fully saturated rings. The molecule has 1 aliphatic carbocycles. The van der Waals surface area contributed by atoms with Crippen LogP contribution in [0.15, 0.2) is 47.5 Å². The Balaban J connectivity index is 1.32. The number of amides is 3. The largest absolute Gasteiger partial charge is 0.485 e. The molecule has 30 heavy (non-hydrogen) atoms. The molecule has 1 saturated heterocycles. The van der Waals surface area contributed by atoms with Gasteiger partial charge in [-0.05, 0) is 18.6 Å². The molecule has 0 bridgehead atoms. The standard InChI is InChI=1S/C22H22N4O4/c1-25-16-7-3-2-6-15(16)23-19(25)12-30-18-8-4-5-13-14(18)11-26(22(13)29)17-9-10-20(27)24-21(17)28/h2-8,15-17H,9-12H2,1H3,(H,24,27,28). The third-order valence-corrected chi connectivity index (χ3v) is 6.13. The topological polar surface area (TPSA) is 91.3 Å². The van der Waals surface area contributed by atoms with E-state index in [1.54, 1.807) is 12.1 Å². The molecule has 3 amide bonds. The third kappa shape index (κ3) is 2.99. The van der Waals surface area contributed by atoms with Gasteiger partial charge in [0.15, 0.2) is 0 Å². The number of nitrogens with one attached hydrogen (secondary N) is 1. The number of carbonyl (C=O) groups excluding carboxylic acids is 3. The van der Waals surface area contributed by atoms with Crippen LogP contribution in [0.1, 0.15) is 28.8 Å². The van der Waals surface area contributed by atoms with E-state index in [9.17, 15) is 14.4 Å². The van der Waals surface area contributed by atoms with Gasteiger partial charge in [-0.3, -0.25) is 24.7 Å². The Morgan fingerprint density at radius 2 is 2.03 bits per heavy atom. The summed E-state index contributed by atoms with van der Waals surface area (Å²) in [5.41, 5.74) is 1.31. The second-order valence-electron chi connectivity index (χ2n) is 7.88. The summed E-state index contributed by atoms with van der Waals surface area (Å²) in [6.45, 7) is 0.587. The van der Waals surface area contributed by atoms with Crippen molar-refractivity contribution < 1.29 is 19.1 Å². The molecule has 0 spiro atoms. The minimum Gasteiger partial charge on any atom is -0.485 e. The number of allylic oxidation sites excluding steroid dienone is 2. The van der Waals surface area contributed by atoms with Gasteiger partial charge in [-0.15, -0.1) is 0 Å². The highest BCUT2D eigenvalue weighted by Gasteiger charge is 2.40. The highest BCUT2D eigenvalue weighted by molar-refractivity contribution is 6.05. The minimum atomic E-state index is -0.637. The summed E-state index contributed by atoms with van der Waals surface area (Å²) in [7, 11) is 2.00. The van der Waals surface area contributed by atoms with Crippen LogP contribution >= 0.6 is 0 Å². The average Bonchev–Trinajstić information content (AvgIpc) is 3.24. The van der Waals surface area contributed by atoms with E-state index in [4.69, 9.17) is 9.73 Å². The average molecular weight is 406 g/mol. The van der Waals surface area contributed by atoms with E-state index in [1.165, 1.54) is 4.90 Å². The van der Waals surface area contributed by atoms with E-state index < -0.39 is 11.9 Å². The predicted molar refractivity (Wildman–Crippen MR) is 109 cm³/mol. The van der Waals surface area contributed by atoms with Gasteiger partial charge in [0.25, 0.3) is 5.91 Å². The van der Waals surface area contributed by atoms with Crippen LogP contribution in [0.3, 0.4) is 0 Å². The summed E-state index contributed by atoms with van der Waals surface area (Å²) in [6.07, 6.45) is 8.80. The monoisotopic (exact) mass is 406 g/mol. The number of carbonyl (C=O) groups is 3. The number of nitrogens with zero attached hydrogens (tertiary/aromatic N) is 3. The van der Waals surface area contributed by atoms with Gasteiger partial charge < -0.3 is 14.5 Å². The molecular formula is C22H22N4O4. The summed E-state index contributed by atoms with van der Waals surface area (Å²) >= 11 is 0. The second kappa shape index (κ2) is 7.12. The lowest BCUT2D eigenvalue weighted by molar-refractivity contribution is -0.136. The number of ether oxygens (including phenoxy) is 1. The lowest BCUT2D eigenvalue weighted by atomic mass is 10.0. The van der Waals surface area contributed by atoms with Crippen molar-refractivity contribution in [3.63, 3.8) is 0 Å². The number of hydrogen-bond donors (Lipinski definition) is 1. The summed E-state index contributed by atoms with van der Waals surface area (Å²) in [5.74, 6) is 0.552. The molecule has 3 unspecified atom stereocenters. The molecular weight excluding hydrogens is 384 g/mol. The van der Waals surface area contributed by atoms with Gasteiger partial charge in [-0.25, -0.2) is 0 Å². The first-order valence-corrected chi connectivity index (χ1v) is 10.1. The summed E-state index contributed by atoms with van der Waals surface area (Å²) in [4.78, 5) is 45.0. The quantitative estimate of drug-likeness (QED) is 0.755. The maximum absolute atomic E-state index is 12.9. The fourth-order valence-electron chi connectivity index (χ4n) is 4.47. The predicted octanol–water partition coefficient (Wildman–Crippen LogP) is 1.03. The zero-order valence-corrected chi connectivity index (χ0v) is 16.6. The molecule has 0 radical (unpaired) electrons. The first-order valence-electron chi connectivity index (χ1n) is 10.1. The van der Waals surface area contributed by atoms with E-state index in [-0.39, 0.29) is 36.9 Å². The van der Waals surface area contributed by atoms with Crippen molar-refractivity contribution in [2.45, 2.75) is 37.5 Å². The number of aliphatic imine (C=N–C) groups is 1. The fourth-order valence-corrected chi connectivity index (χ4v) is 4.47. The van der Waals surface area contributed by atoms with Crippen LogP contribution in [0.25, 0.3) is 0 Å². The molecule has 3 aliphatic heterocycles. The van der Waals surface area contributed by atoms with Crippen molar-refractivity contribution in [3.05, 3.63) is 53.6 Å². The van der Waals surface area contributed by atoms with Crippen molar-refractivity contribution in [2.75, 3.05) is 13.7 Å². The van der Waals surface area contributed by atoms with E-state index >= 15 is 0 Å². The Labute approximate surface area is 173 Å². The van der Waals surface area contributed by atoms with Gasteiger partial charge in [0, 0.05) is 24.6 Å². The zero-order chi connectivity index (χ0) is 20.8. The molecule has 1 aromatic carbocycles. The normalized spacial score (nSPS) is 27.2. The Kier molecular flexibility index (Phi) is 4.42. The molecule has 3 heterocycles. The number of imide groups is 1. The minimum absolute atomic E-state index is 0.102. The van der Waals surface area contributed by atoms with Crippen LogP contribution in [0, 0.1) is 0 Å². The van der Waals surface area contributed by atoms with Crippen molar-refractivity contribution in [1.82, 2.24) is 15.1 Å². The first-order chi connectivity index (χ1) is 14.5. The molecule has 5 rings (SSSR count). The number of fused-ring (bicyclic) bond motifs is 2. The molecule has 8 heteroatoms. The highest BCUT2D eigenvalue weighted by Crippen LogP contribution is 2.34. The fraction of sp³-hybridized carbons (Fsp3) is 0.364. The van der Waals surface area contributed by atoms with Crippen LogP contribution in [0.4, 0.5) is 0 Å². The van der Waals surface area contributed by atoms with Crippen LogP contribution < -0.4 is 10.1 Å². The molecule has 3 atom stereocenters. The highest BCUT2D eigenvalue weighted by atomic mass is 16.5. The lowest BCUT2D eigenvalue weighted by Gasteiger charge is -2.29. The van der Waals surface area contributed by atoms with Crippen molar-refractivity contribution in [1.29, 1.82) is 0 Å². The summed E-state index contributed by atoms with van der Waals surface area (Å²) in [6, 6.07) is 5.04. The smallest absolute Gasteiger partial charge is 0.255 e. The SMILES string of the molecule is CN1C(COc2cccc3c2CN(C2CCC(=O)NC2=O)C3=O)=NC2C=CC=CC21. The molecule has 1 aromatic rings. The maximum atomic E-state index is 12.9. The first kappa shape index (κ1) is 18.6. The summed E-state index contributed by atoms with van der Waals surface area (Å²) < 4.78 is 6.08. The maximum Gasteiger partial charge on any atom is 0.255 e. The van der Waals surface area contributed by atoms with Crippen LogP contribution in [-0.4, -0.2) is 65.1 Å². The second-order valence-corrected chi connectivity index (χ2v) is 7.88. The number of hydrogen-bond acceptors (Lipinski definition) is 6. The molecule has 0 aromatic heterocycles. The molecule has 0 saturated carbocycles. The van der Waals surface area contributed by atoms with E-state index in [0.29, 0.717) is 24.3 Å². The number of rotatable bonds is 4. The Hall–Kier alpha value is -3.42. The van der Waals surface area contributed by atoms with Gasteiger partial charge in [0.05, 0.1) is 18.6 Å². The van der Waals surface area contributed by atoms with Gasteiger partial charge >= 0.3 is 0 Å². The van der Waals surface area contributed by atoms with Crippen LogP contribution in [0.5, 0.6) is 5.75 Å². The molecule has 4 aliphatic rings. The number of likely N-dealkylation sites (N-methyl/N-ethyl adjacent to an activating group) is 1. The number of piperidine rings is 1. The number of benzene rings is 1. The molecule has 154 valence electrons. The van der Waals surface area contributed by atoms with Gasteiger partial charge in [0.2, 0.25) is 11.8 Å². The van der Waals surface area contributed by atoms with Crippen molar-refractivity contribution in [2.24, 2.45) is 4.99 Å².